The summed E-state index contributed by atoms with van der Waals surface area (Å²) < 4.78 is 18.2. The number of nitriles is 2. The van der Waals surface area contributed by atoms with Crippen LogP contribution in [0.15, 0.2) is 28.7 Å². The zero-order valence-electron chi connectivity index (χ0n) is 27.0. The highest BCUT2D eigenvalue weighted by atomic mass is 16.5. The van der Waals surface area contributed by atoms with Crippen LogP contribution in [0, 0.1) is 22.7 Å². The van der Waals surface area contributed by atoms with Gasteiger partial charge in [-0.1, -0.05) is 129 Å². The van der Waals surface area contributed by atoms with Gasteiger partial charge in [-0.3, -0.25) is 0 Å². The van der Waals surface area contributed by atoms with Crippen LogP contribution in [0.4, 0.5) is 0 Å². The van der Waals surface area contributed by atoms with E-state index in [-0.39, 0.29) is 0 Å². The van der Waals surface area contributed by atoms with Gasteiger partial charge in [0.05, 0.1) is 24.3 Å². The van der Waals surface area contributed by atoms with Crippen LogP contribution >= 0.6 is 0 Å². The quantitative estimate of drug-likeness (QED) is 0.0975. The summed E-state index contributed by atoms with van der Waals surface area (Å²) in [6, 6.07) is 11.8. The smallest absolute Gasteiger partial charge is 0.140 e. The Bertz CT molecular complexity index is 1200. The molecular formula is C38H54N2O3. The highest BCUT2D eigenvalue weighted by molar-refractivity contribution is 6.06. The highest BCUT2D eigenvalue weighted by Crippen LogP contribution is 2.37. The third kappa shape index (κ3) is 11.8. The van der Waals surface area contributed by atoms with E-state index in [4.69, 9.17) is 13.9 Å². The lowest BCUT2D eigenvalue weighted by molar-refractivity contribution is 0.303. The Morgan fingerprint density at radius 1 is 0.488 bits per heavy atom. The molecule has 5 heteroatoms. The number of unbranched alkanes of at least 4 members (excludes halogenated alkanes) is 18. The monoisotopic (exact) mass is 586 g/mol. The molecule has 0 spiro atoms. The van der Waals surface area contributed by atoms with Crippen LogP contribution < -0.4 is 9.47 Å². The summed E-state index contributed by atoms with van der Waals surface area (Å²) in [6.07, 6.45) is 25.4. The maximum Gasteiger partial charge on any atom is 0.140 e. The van der Waals surface area contributed by atoms with Crippen molar-refractivity contribution in [2.45, 2.75) is 142 Å². The Kier molecular flexibility index (Phi) is 16.5. The van der Waals surface area contributed by atoms with Gasteiger partial charge in [-0.2, -0.15) is 10.5 Å². The molecule has 0 atom stereocenters. The number of benzene rings is 2. The summed E-state index contributed by atoms with van der Waals surface area (Å²) in [7, 11) is 0. The third-order valence-corrected chi connectivity index (χ3v) is 8.43. The Labute approximate surface area is 260 Å². The Balaban J connectivity index is 1.48. The maximum atomic E-state index is 9.81. The molecule has 0 saturated heterocycles. The number of hydrogen-bond acceptors (Lipinski definition) is 5. The summed E-state index contributed by atoms with van der Waals surface area (Å²) in [5.74, 6) is 1.12. The van der Waals surface area contributed by atoms with E-state index in [9.17, 15) is 10.5 Å². The van der Waals surface area contributed by atoms with Gasteiger partial charge in [-0.15, -0.1) is 0 Å². The zero-order chi connectivity index (χ0) is 30.5. The van der Waals surface area contributed by atoms with Crippen LogP contribution in [-0.2, 0) is 0 Å². The number of furan rings is 1. The van der Waals surface area contributed by atoms with E-state index in [1.54, 1.807) is 0 Å². The second-order valence-electron chi connectivity index (χ2n) is 12.1. The Morgan fingerprint density at radius 3 is 1.14 bits per heavy atom. The summed E-state index contributed by atoms with van der Waals surface area (Å²) >= 11 is 0. The SMILES string of the molecule is CCCCCCCCCCCCOc1cc2oc3cc(OCCCCCCCCCCCC)c(C#N)cc3c2cc1C#N. The molecular weight excluding hydrogens is 532 g/mol. The van der Waals surface area contributed by atoms with Gasteiger partial charge in [-0.05, 0) is 25.0 Å². The van der Waals surface area contributed by atoms with Crippen molar-refractivity contribution in [1.29, 1.82) is 10.5 Å². The lowest BCUT2D eigenvalue weighted by atomic mass is 10.1. The molecule has 43 heavy (non-hydrogen) atoms. The van der Waals surface area contributed by atoms with Gasteiger partial charge >= 0.3 is 0 Å². The predicted octanol–water partition coefficient (Wildman–Crippen LogP) is 11.9. The fourth-order valence-corrected chi connectivity index (χ4v) is 5.79. The molecule has 3 aromatic rings. The van der Waals surface area contributed by atoms with Crippen molar-refractivity contribution in [3.63, 3.8) is 0 Å². The second kappa shape index (κ2) is 20.7. The molecule has 234 valence electrons. The number of ether oxygens (including phenoxy) is 2. The number of fused-ring (bicyclic) bond motifs is 3. The molecule has 0 aliphatic heterocycles. The van der Waals surface area contributed by atoms with E-state index in [0.29, 0.717) is 47.0 Å². The van der Waals surface area contributed by atoms with Gasteiger partial charge in [0, 0.05) is 22.9 Å². The molecule has 0 saturated carbocycles. The molecule has 0 bridgehead atoms. The van der Waals surface area contributed by atoms with Gasteiger partial charge in [0.2, 0.25) is 0 Å². The van der Waals surface area contributed by atoms with E-state index < -0.39 is 0 Å². The Morgan fingerprint density at radius 2 is 0.814 bits per heavy atom. The van der Waals surface area contributed by atoms with Crippen LogP contribution in [0.3, 0.4) is 0 Å². The lowest BCUT2D eigenvalue weighted by Crippen LogP contribution is -1.99. The minimum absolute atomic E-state index is 0.488. The van der Waals surface area contributed by atoms with E-state index in [2.05, 4.69) is 26.0 Å². The molecule has 1 aromatic heterocycles. The first-order valence-electron chi connectivity index (χ1n) is 17.3. The third-order valence-electron chi connectivity index (χ3n) is 8.43. The van der Waals surface area contributed by atoms with Crippen molar-refractivity contribution in [2.75, 3.05) is 13.2 Å². The minimum Gasteiger partial charge on any atom is -0.492 e. The van der Waals surface area contributed by atoms with Crippen LogP contribution in [-0.4, -0.2) is 13.2 Å². The normalized spacial score (nSPS) is 11.2. The standard InChI is InChI=1S/C38H54N2O3/c1-3-5-7-9-11-13-15-17-19-21-23-41-35-27-37-33(25-31(35)29-39)34-26-32(30-40)36(28-38(34)43-37)42-24-22-20-18-16-14-12-10-8-6-4-2/h25-28H,3-24H2,1-2H3. The first-order valence-corrected chi connectivity index (χ1v) is 17.3. The van der Waals surface area contributed by atoms with Crippen molar-refractivity contribution in [3.8, 4) is 23.6 Å². The van der Waals surface area contributed by atoms with Crippen molar-refractivity contribution < 1.29 is 13.9 Å². The molecule has 0 unspecified atom stereocenters. The molecule has 0 N–H and O–H groups in total. The minimum atomic E-state index is 0.488. The van der Waals surface area contributed by atoms with Crippen molar-refractivity contribution in [3.05, 3.63) is 35.4 Å². The van der Waals surface area contributed by atoms with Crippen LogP contribution in [0.1, 0.15) is 153 Å². The first-order chi connectivity index (χ1) is 21.2. The van der Waals surface area contributed by atoms with Crippen LogP contribution in [0.5, 0.6) is 11.5 Å². The highest BCUT2D eigenvalue weighted by Gasteiger charge is 2.16. The molecule has 0 radical (unpaired) electrons. The van der Waals surface area contributed by atoms with E-state index in [1.807, 2.05) is 24.3 Å². The summed E-state index contributed by atoms with van der Waals surface area (Å²) in [6.45, 7) is 5.69. The summed E-state index contributed by atoms with van der Waals surface area (Å²) in [5.41, 5.74) is 2.29. The van der Waals surface area contributed by atoms with Crippen LogP contribution in [0.2, 0.25) is 0 Å². The van der Waals surface area contributed by atoms with E-state index in [0.717, 1.165) is 36.5 Å². The van der Waals surface area contributed by atoms with Crippen molar-refractivity contribution in [1.82, 2.24) is 0 Å². The average molecular weight is 587 g/mol. The molecule has 0 fully saturated rings. The van der Waals surface area contributed by atoms with E-state index in [1.165, 1.54) is 103 Å². The molecule has 5 nitrogen and oxygen atoms in total. The van der Waals surface area contributed by atoms with Gasteiger partial charge in [0.1, 0.15) is 34.8 Å². The summed E-state index contributed by atoms with van der Waals surface area (Å²) in [4.78, 5) is 0. The lowest BCUT2D eigenvalue weighted by Gasteiger charge is -2.08. The average Bonchev–Trinajstić information content (AvgIpc) is 3.37. The zero-order valence-corrected chi connectivity index (χ0v) is 27.0. The first kappa shape index (κ1) is 34.3. The Hall–Kier alpha value is -3.18. The molecule has 3 rings (SSSR count). The largest absolute Gasteiger partial charge is 0.492 e. The molecule has 0 amide bonds. The molecule has 1 heterocycles. The fraction of sp³-hybridized carbons (Fsp3) is 0.632. The van der Waals surface area contributed by atoms with Gasteiger partial charge in [0.25, 0.3) is 0 Å². The van der Waals surface area contributed by atoms with Gasteiger partial charge in [-0.25, -0.2) is 0 Å². The molecule has 2 aromatic carbocycles. The van der Waals surface area contributed by atoms with E-state index >= 15 is 0 Å². The molecule has 0 aliphatic rings. The van der Waals surface area contributed by atoms with Crippen molar-refractivity contribution in [2.24, 2.45) is 0 Å². The topological polar surface area (TPSA) is 79.2 Å². The predicted molar refractivity (Wildman–Crippen MR) is 178 cm³/mol. The second-order valence-corrected chi connectivity index (χ2v) is 12.1. The van der Waals surface area contributed by atoms with Gasteiger partial charge < -0.3 is 13.9 Å². The number of rotatable bonds is 24. The number of nitrogens with zero attached hydrogens (tertiary/aromatic N) is 2. The van der Waals surface area contributed by atoms with Crippen molar-refractivity contribution >= 4 is 21.9 Å². The van der Waals surface area contributed by atoms with Gasteiger partial charge in [0.15, 0.2) is 0 Å². The van der Waals surface area contributed by atoms with Crippen LogP contribution in [0.25, 0.3) is 21.9 Å². The summed E-state index contributed by atoms with van der Waals surface area (Å²) in [5, 5.41) is 21.2. The molecule has 0 aliphatic carbocycles. The maximum absolute atomic E-state index is 9.81. The number of hydrogen-bond donors (Lipinski definition) is 0. The fourth-order valence-electron chi connectivity index (χ4n) is 5.79.